The Labute approximate surface area is 136 Å². The normalized spacial score (nSPS) is 26.4. The Kier molecular flexibility index (Phi) is 4.72. The summed E-state index contributed by atoms with van der Waals surface area (Å²) in [6.07, 6.45) is 6.73. The highest BCUT2D eigenvalue weighted by molar-refractivity contribution is 7.89. The van der Waals surface area contributed by atoms with Crippen LogP contribution < -0.4 is 10.0 Å². The summed E-state index contributed by atoms with van der Waals surface area (Å²) in [6, 6.07) is 1.12. The smallest absolute Gasteiger partial charge is 0.220 e. The predicted molar refractivity (Wildman–Crippen MR) is 86.0 cm³/mol. The summed E-state index contributed by atoms with van der Waals surface area (Å²) >= 11 is 0. The van der Waals surface area contributed by atoms with Crippen LogP contribution in [0.3, 0.4) is 0 Å². The zero-order valence-electron chi connectivity index (χ0n) is 13.4. The number of nitrogens with one attached hydrogen (secondary N) is 2. The van der Waals surface area contributed by atoms with E-state index in [-0.39, 0.29) is 29.7 Å². The fraction of sp³-hybridized carbons (Fsp3) is 0.733. The molecule has 23 heavy (non-hydrogen) atoms. The zero-order chi connectivity index (χ0) is 16.4. The molecule has 128 valence electrons. The van der Waals surface area contributed by atoms with Crippen molar-refractivity contribution in [3.8, 4) is 0 Å². The maximum absolute atomic E-state index is 12.5. The summed E-state index contributed by atoms with van der Waals surface area (Å²) in [6.45, 7) is 0. The number of carbonyl (C=O) groups excluding carboxylic acids is 1. The van der Waals surface area contributed by atoms with E-state index in [9.17, 15) is 13.2 Å². The first-order chi connectivity index (χ1) is 10.9. The van der Waals surface area contributed by atoms with E-state index in [1.165, 1.54) is 0 Å². The van der Waals surface area contributed by atoms with E-state index < -0.39 is 10.0 Å². The summed E-state index contributed by atoms with van der Waals surface area (Å²) in [7, 11) is -1.56. The summed E-state index contributed by atoms with van der Waals surface area (Å²) in [4.78, 5) is 11.8. The third kappa shape index (κ3) is 3.92. The van der Waals surface area contributed by atoms with Crippen molar-refractivity contribution in [1.82, 2.24) is 19.8 Å². The van der Waals surface area contributed by atoms with Gasteiger partial charge in [-0.1, -0.05) is 12.8 Å². The lowest BCUT2D eigenvalue weighted by molar-refractivity contribution is -0.123. The summed E-state index contributed by atoms with van der Waals surface area (Å²) in [5.74, 6) is 0.401. The van der Waals surface area contributed by atoms with E-state index >= 15 is 0 Å². The quantitative estimate of drug-likeness (QED) is 0.831. The van der Waals surface area contributed by atoms with Crippen molar-refractivity contribution in [2.45, 2.75) is 50.6 Å². The van der Waals surface area contributed by atoms with Crippen LogP contribution in [0.25, 0.3) is 0 Å². The van der Waals surface area contributed by atoms with Crippen LogP contribution in [-0.4, -0.2) is 35.9 Å². The number of aryl methyl sites for hydroxylation is 1. The second-order valence-corrected chi connectivity index (χ2v) is 8.42. The van der Waals surface area contributed by atoms with E-state index in [2.05, 4.69) is 15.1 Å². The highest BCUT2D eigenvalue weighted by Gasteiger charge is 2.35. The number of aromatic nitrogens is 2. The monoisotopic (exact) mass is 340 g/mol. The predicted octanol–water partition coefficient (Wildman–Crippen LogP) is 0.849. The molecule has 1 saturated heterocycles. The second-order valence-electron chi connectivity index (χ2n) is 6.62. The minimum atomic E-state index is -3.35. The van der Waals surface area contributed by atoms with Crippen molar-refractivity contribution in [2.24, 2.45) is 13.0 Å². The largest absolute Gasteiger partial charge is 0.346 e. The maximum Gasteiger partial charge on any atom is 0.220 e. The van der Waals surface area contributed by atoms with Crippen LogP contribution >= 0.6 is 0 Å². The molecule has 1 aromatic rings. The van der Waals surface area contributed by atoms with Crippen LogP contribution in [0.15, 0.2) is 12.3 Å². The van der Waals surface area contributed by atoms with Crippen LogP contribution in [0, 0.1) is 5.92 Å². The van der Waals surface area contributed by atoms with Crippen LogP contribution in [0.4, 0.5) is 0 Å². The molecule has 2 atom stereocenters. The molecule has 1 aliphatic carbocycles. The number of sulfonamides is 1. The molecule has 0 radical (unpaired) electrons. The first-order valence-electron chi connectivity index (χ1n) is 8.22. The van der Waals surface area contributed by atoms with Gasteiger partial charge in [0.25, 0.3) is 0 Å². The molecular weight excluding hydrogens is 316 g/mol. The minimum absolute atomic E-state index is 0.0533. The first kappa shape index (κ1) is 16.4. The average molecular weight is 340 g/mol. The lowest BCUT2D eigenvalue weighted by atomic mass is 9.96. The summed E-state index contributed by atoms with van der Waals surface area (Å²) in [5, 5.41) is 7.02. The molecule has 1 aliphatic heterocycles. The lowest BCUT2D eigenvalue weighted by Crippen LogP contribution is -2.51. The van der Waals surface area contributed by atoms with Crippen molar-refractivity contribution in [3.05, 3.63) is 18.0 Å². The third-order valence-corrected chi connectivity index (χ3v) is 6.41. The molecule has 1 saturated carbocycles. The molecule has 0 aromatic carbocycles. The van der Waals surface area contributed by atoms with Gasteiger partial charge in [-0.2, -0.15) is 5.10 Å². The molecule has 1 amide bonds. The van der Waals surface area contributed by atoms with Gasteiger partial charge in [-0.25, -0.2) is 13.1 Å². The zero-order valence-corrected chi connectivity index (χ0v) is 14.2. The van der Waals surface area contributed by atoms with Gasteiger partial charge in [0.05, 0.1) is 17.5 Å². The Morgan fingerprint density at radius 1 is 1.35 bits per heavy atom. The van der Waals surface area contributed by atoms with E-state index in [1.54, 1.807) is 17.9 Å². The Hall–Kier alpha value is -1.41. The second kappa shape index (κ2) is 6.60. The van der Waals surface area contributed by atoms with Gasteiger partial charge in [0.15, 0.2) is 0 Å². The Bertz CT molecular complexity index is 664. The van der Waals surface area contributed by atoms with Gasteiger partial charge in [-0.15, -0.1) is 0 Å². The lowest BCUT2D eigenvalue weighted by Gasteiger charge is -2.32. The first-order valence-corrected chi connectivity index (χ1v) is 9.87. The van der Waals surface area contributed by atoms with Gasteiger partial charge in [0.1, 0.15) is 0 Å². The Morgan fingerprint density at radius 2 is 2.09 bits per heavy atom. The minimum Gasteiger partial charge on any atom is -0.346 e. The molecule has 2 N–H and O–H groups in total. The van der Waals surface area contributed by atoms with Gasteiger partial charge in [-0.05, 0) is 31.2 Å². The van der Waals surface area contributed by atoms with Gasteiger partial charge < -0.3 is 5.32 Å². The number of rotatable bonds is 5. The van der Waals surface area contributed by atoms with Gasteiger partial charge in [0.2, 0.25) is 15.9 Å². The highest BCUT2D eigenvalue weighted by atomic mass is 32.2. The number of nitrogens with zero attached hydrogens (tertiary/aromatic N) is 2. The highest BCUT2D eigenvalue weighted by Crippen LogP contribution is 2.28. The molecule has 2 aliphatic rings. The molecule has 1 aromatic heterocycles. The van der Waals surface area contributed by atoms with Crippen LogP contribution in [0.1, 0.15) is 50.3 Å². The molecule has 8 heteroatoms. The SMILES string of the molecule is Cn1nccc1[C@@H]1NC(=O)CC[C@H]1NS(=O)(=O)CC1CCCC1. The number of piperidine rings is 1. The molecule has 0 spiro atoms. The summed E-state index contributed by atoms with van der Waals surface area (Å²) < 4.78 is 29.5. The Morgan fingerprint density at radius 3 is 2.74 bits per heavy atom. The fourth-order valence-corrected chi connectivity index (χ4v) is 5.43. The van der Waals surface area contributed by atoms with Crippen LogP contribution in [0.5, 0.6) is 0 Å². The maximum atomic E-state index is 12.5. The number of hydrogen-bond donors (Lipinski definition) is 2. The average Bonchev–Trinajstić information content (AvgIpc) is 3.12. The van der Waals surface area contributed by atoms with Gasteiger partial charge in [0, 0.05) is 25.7 Å². The molecule has 2 fully saturated rings. The topological polar surface area (TPSA) is 93.1 Å². The van der Waals surface area contributed by atoms with E-state index in [1.807, 2.05) is 6.07 Å². The van der Waals surface area contributed by atoms with Crippen LogP contribution in [0.2, 0.25) is 0 Å². The van der Waals surface area contributed by atoms with Gasteiger partial charge in [-0.3, -0.25) is 9.48 Å². The molecule has 0 unspecified atom stereocenters. The van der Waals surface area contributed by atoms with E-state index in [0.29, 0.717) is 12.8 Å². The summed E-state index contributed by atoms with van der Waals surface area (Å²) in [5.41, 5.74) is 0.812. The Balaban J connectivity index is 1.73. The molecule has 3 rings (SSSR count). The molecular formula is C15H24N4O3S. The molecule has 0 bridgehead atoms. The third-order valence-electron chi connectivity index (χ3n) is 4.84. The van der Waals surface area contributed by atoms with Crippen LogP contribution in [-0.2, 0) is 21.9 Å². The molecule has 7 nitrogen and oxygen atoms in total. The van der Waals surface area contributed by atoms with E-state index in [4.69, 9.17) is 0 Å². The molecule has 2 heterocycles. The van der Waals surface area contributed by atoms with Crippen molar-refractivity contribution in [3.63, 3.8) is 0 Å². The van der Waals surface area contributed by atoms with Crippen molar-refractivity contribution >= 4 is 15.9 Å². The number of amides is 1. The van der Waals surface area contributed by atoms with Crippen molar-refractivity contribution in [1.29, 1.82) is 0 Å². The van der Waals surface area contributed by atoms with Crippen molar-refractivity contribution < 1.29 is 13.2 Å². The fourth-order valence-electron chi connectivity index (χ4n) is 3.66. The van der Waals surface area contributed by atoms with E-state index in [0.717, 1.165) is 31.4 Å². The number of carbonyl (C=O) groups is 1. The van der Waals surface area contributed by atoms with Gasteiger partial charge >= 0.3 is 0 Å². The number of hydrogen-bond acceptors (Lipinski definition) is 4. The standard InChI is InChI=1S/C15H24N4O3S/c1-19-13(8-9-16-19)15-12(6-7-14(20)17-15)18-23(21,22)10-11-4-2-3-5-11/h8-9,11-12,15,18H,2-7,10H2,1H3,(H,17,20)/t12-,15-/m1/s1. The van der Waals surface area contributed by atoms with Crippen molar-refractivity contribution in [2.75, 3.05) is 5.75 Å².